The minimum Gasteiger partial charge on any atom is -0.366 e. The summed E-state index contributed by atoms with van der Waals surface area (Å²) in [7, 11) is 1.69. The molecule has 28 heavy (non-hydrogen) atoms. The molecular weight excluding hydrogens is 352 g/mol. The summed E-state index contributed by atoms with van der Waals surface area (Å²) in [5, 5.41) is 10.5. The maximum Gasteiger partial charge on any atom is 0.270 e. The second-order valence-electron chi connectivity index (χ2n) is 6.86. The average Bonchev–Trinajstić information content (AvgIpc) is 2.76. The number of aromatic nitrogens is 1. The molecule has 140 valence electrons. The van der Waals surface area contributed by atoms with Crippen LogP contribution in [0.2, 0.25) is 0 Å². The third-order valence-electron chi connectivity index (χ3n) is 5.29. The lowest BCUT2D eigenvalue weighted by Crippen LogP contribution is -2.49. The molecule has 1 aliphatic heterocycles. The number of hydrogen-bond acceptors (Lipinski definition) is 4. The van der Waals surface area contributed by atoms with E-state index in [1.165, 1.54) is 4.57 Å². The zero-order valence-electron chi connectivity index (χ0n) is 15.6. The Hall–Kier alpha value is -3.59. The Labute approximate surface area is 162 Å². The summed E-state index contributed by atoms with van der Waals surface area (Å²) in [6, 6.07) is 18.9. The first kappa shape index (κ1) is 17.8. The van der Waals surface area contributed by atoms with Gasteiger partial charge in [0, 0.05) is 44.2 Å². The predicted molar refractivity (Wildman–Crippen MR) is 108 cm³/mol. The minimum absolute atomic E-state index is 0.00888. The third-order valence-corrected chi connectivity index (χ3v) is 5.29. The maximum atomic E-state index is 12.7. The number of amides is 1. The number of carbonyl (C=O) groups is 1. The number of rotatable bonds is 2. The topological polar surface area (TPSA) is 69.3 Å². The molecule has 6 nitrogen and oxygen atoms in total. The monoisotopic (exact) mass is 372 g/mol. The summed E-state index contributed by atoms with van der Waals surface area (Å²) in [6.07, 6.45) is 0. The highest BCUT2D eigenvalue weighted by Crippen LogP contribution is 2.29. The van der Waals surface area contributed by atoms with Crippen LogP contribution in [0, 0.1) is 11.3 Å². The summed E-state index contributed by atoms with van der Waals surface area (Å²) in [4.78, 5) is 29.2. The van der Waals surface area contributed by atoms with Gasteiger partial charge in [0.05, 0.1) is 11.2 Å². The van der Waals surface area contributed by atoms with E-state index < -0.39 is 0 Å². The standard InChI is InChI=1S/C22H20N4O2/c1-24-19-10-6-5-9-17(19)20(18(15-23)22(24)28)25-11-13-26(14-12-25)21(27)16-7-3-2-4-8-16/h2-10H,11-14H2,1H3. The molecule has 0 aliphatic carbocycles. The Balaban J connectivity index is 1.66. The first-order chi connectivity index (χ1) is 13.6. The molecule has 0 radical (unpaired) electrons. The fourth-order valence-electron chi connectivity index (χ4n) is 3.81. The molecule has 3 aromatic rings. The maximum absolute atomic E-state index is 12.7. The van der Waals surface area contributed by atoms with Gasteiger partial charge in [-0.1, -0.05) is 36.4 Å². The normalized spacial score (nSPS) is 14.1. The Morgan fingerprint density at radius 2 is 1.61 bits per heavy atom. The molecule has 2 heterocycles. The van der Waals surface area contributed by atoms with E-state index in [0.717, 1.165) is 10.9 Å². The van der Waals surface area contributed by atoms with Crippen LogP contribution in [0.3, 0.4) is 0 Å². The van der Waals surface area contributed by atoms with Gasteiger partial charge in [-0.05, 0) is 18.2 Å². The van der Waals surface area contributed by atoms with Gasteiger partial charge in [0.1, 0.15) is 11.6 Å². The zero-order chi connectivity index (χ0) is 19.7. The van der Waals surface area contributed by atoms with Crippen molar-refractivity contribution in [3.63, 3.8) is 0 Å². The fraction of sp³-hybridized carbons (Fsp3) is 0.227. The van der Waals surface area contributed by atoms with Gasteiger partial charge < -0.3 is 14.4 Å². The van der Waals surface area contributed by atoms with Gasteiger partial charge in [-0.25, -0.2) is 0 Å². The van der Waals surface area contributed by atoms with E-state index in [0.29, 0.717) is 37.4 Å². The highest BCUT2D eigenvalue weighted by molar-refractivity contribution is 5.96. The molecule has 0 atom stereocenters. The first-order valence-corrected chi connectivity index (χ1v) is 9.23. The van der Waals surface area contributed by atoms with E-state index in [4.69, 9.17) is 0 Å². The van der Waals surface area contributed by atoms with Crippen LogP contribution in [0.25, 0.3) is 10.9 Å². The van der Waals surface area contributed by atoms with Crippen LogP contribution < -0.4 is 10.5 Å². The van der Waals surface area contributed by atoms with Crippen molar-refractivity contribution >= 4 is 22.5 Å². The lowest BCUT2D eigenvalue weighted by atomic mass is 10.1. The molecule has 1 aromatic heterocycles. The van der Waals surface area contributed by atoms with Crippen molar-refractivity contribution in [3.8, 4) is 6.07 Å². The molecule has 0 spiro atoms. The van der Waals surface area contributed by atoms with Gasteiger partial charge in [0.2, 0.25) is 0 Å². The molecular formula is C22H20N4O2. The van der Waals surface area contributed by atoms with Crippen molar-refractivity contribution in [2.75, 3.05) is 31.1 Å². The van der Waals surface area contributed by atoms with Crippen molar-refractivity contribution in [2.45, 2.75) is 0 Å². The molecule has 1 saturated heterocycles. The predicted octanol–water partition coefficient (Wildman–Crippen LogP) is 2.37. The van der Waals surface area contributed by atoms with Crippen LogP contribution in [0.15, 0.2) is 59.4 Å². The summed E-state index contributed by atoms with van der Waals surface area (Å²) in [5.74, 6) is 0.00888. The average molecular weight is 372 g/mol. The highest BCUT2D eigenvalue weighted by atomic mass is 16.2. The van der Waals surface area contributed by atoms with Crippen molar-refractivity contribution in [1.29, 1.82) is 5.26 Å². The quantitative estimate of drug-likeness (QED) is 0.693. The number of aryl methyl sites for hydroxylation is 1. The van der Waals surface area contributed by atoms with Gasteiger partial charge in [0.25, 0.3) is 11.5 Å². The first-order valence-electron chi connectivity index (χ1n) is 9.23. The van der Waals surface area contributed by atoms with E-state index in [1.54, 1.807) is 7.05 Å². The molecule has 4 rings (SSSR count). The summed E-state index contributed by atoms with van der Waals surface area (Å²) in [5.41, 5.74) is 2.01. The number of benzene rings is 2. The lowest BCUT2D eigenvalue weighted by molar-refractivity contribution is 0.0747. The molecule has 6 heteroatoms. The molecule has 0 unspecified atom stereocenters. The van der Waals surface area contributed by atoms with Gasteiger partial charge in [-0.2, -0.15) is 5.26 Å². The van der Waals surface area contributed by atoms with Crippen molar-refractivity contribution in [2.24, 2.45) is 7.05 Å². The van der Waals surface area contributed by atoms with E-state index in [1.807, 2.05) is 59.5 Å². The van der Waals surface area contributed by atoms with Crippen molar-refractivity contribution < 1.29 is 4.79 Å². The van der Waals surface area contributed by atoms with E-state index >= 15 is 0 Å². The van der Waals surface area contributed by atoms with Crippen LogP contribution in [-0.4, -0.2) is 41.6 Å². The van der Waals surface area contributed by atoms with Crippen LogP contribution in [0.4, 0.5) is 5.69 Å². The number of hydrogen-bond donors (Lipinski definition) is 0. The van der Waals surface area contributed by atoms with Gasteiger partial charge in [-0.3, -0.25) is 9.59 Å². The number of nitrogens with zero attached hydrogens (tertiary/aromatic N) is 4. The largest absolute Gasteiger partial charge is 0.366 e. The van der Waals surface area contributed by atoms with Crippen LogP contribution in [0.1, 0.15) is 15.9 Å². The Bertz CT molecular complexity index is 1140. The number of carbonyl (C=O) groups excluding carboxylic acids is 1. The van der Waals surface area contributed by atoms with Gasteiger partial charge >= 0.3 is 0 Å². The molecule has 1 fully saturated rings. The van der Waals surface area contributed by atoms with E-state index in [2.05, 4.69) is 11.0 Å². The number of pyridine rings is 1. The lowest BCUT2D eigenvalue weighted by Gasteiger charge is -2.37. The summed E-state index contributed by atoms with van der Waals surface area (Å²) in [6.45, 7) is 2.24. The summed E-state index contributed by atoms with van der Waals surface area (Å²) < 4.78 is 1.52. The third kappa shape index (κ3) is 2.91. The highest BCUT2D eigenvalue weighted by Gasteiger charge is 2.26. The van der Waals surface area contributed by atoms with Crippen LogP contribution in [0.5, 0.6) is 0 Å². The van der Waals surface area contributed by atoms with E-state index in [9.17, 15) is 14.9 Å². The Morgan fingerprint density at radius 3 is 2.29 bits per heavy atom. The Kier molecular flexibility index (Phi) is 4.58. The Morgan fingerprint density at radius 1 is 0.964 bits per heavy atom. The van der Waals surface area contributed by atoms with Crippen LogP contribution >= 0.6 is 0 Å². The number of anilines is 1. The molecule has 1 aliphatic rings. The number of nitriles is 1. The molecule has 0 N–H and O–H groups in total. The van der Waals surface area contributed by atoms with Gasteiger partial charge in [-0.15, -0.1) is 0 Å². The second kappa shape index (κ2) is 7.20. The van der Waals surface area contributed by atoms with Crippen molar-refractivity contribution in [3.05, 3.63) is 76.1 Å². The fourth-order valence-corrected chi connectivity index (χ4v) is 3.81. The molecule has 2 aromatic carbocycles. The number of piperazine rings is 1. The zero-order valence-corrected chi connectivity index (χ0v) is 15.6. The molecule has 0 saturated carbocycles. The van der Waals surface area contributed by atoms with Gasteiger partial charge in [0.15, 0.2) is 0 Å². The van der Waals surface area contributed by atoms with Crippen molar-refractivity contribution in [1.82, 2.24) is 9.47 Å². The number of fused-ring (bicyclic) bond motifs is 1. The van der Waals surface area contributed by atoms with E-state index in [-0.39, 0.29) is 17.0 Å². The molecule has 0 bridgehead atoms. The smallest absolute Gasteiger partial charge is 0.270 e. The second-order valence-corrected chi connectivity index (χ2v) is 6.86. The summed E-state index contributed by atoms with van der Waals surface area (Å²) >= 11 is 0. The molecule has 1 amide bonds. The van der Waals surface area contributed by atoms with Crippen LogP contribution in [-0.2, 0) is 7.05 Å². The number of para-hydroxylation sites is 1. The SMILES string of the molecule is Cn1c(=O)c(C#N)c(N2CCN(C(=O)c3ccccc3)CC2)c2ccccc21. The minimum atomic E-state index is -0.293.